The van der Waals surface area contributed by atoms with E-state index in [-0.39, 0.29) is 4.83 Å². The molecule has 0 aliphatic heterocycles. The molecular formula is C15H11BrClNO. The van der Waals surface area contributed by atoms with Crippen LogP contribution in [-0.4, -0.2) is 4.98 Å². The normalized spacial score (nSPS) is 12.7. The van der Waals surface area contributed by atoms with Gasteiger partial charge in [-0.05, 0) is 35.9 Å². The SMILES string of the molecule is Clc1ccc(C(Br)Cc2ccc3ccccc3n2)o1. The highest BCUT2D eigenvalue weighted by Crippen LogP contribution is 2.29. The van der Waals surface area contributed by atoms with Gasteiger partial charge in [-0.2, -0.15) is 0 Å². The summed E-state index contributed by atoms with van der Waals surface area (Å²) >= 11 is 9.39. The van der Waals surface area contributed by atoms with Gasteiger partial charge in [-0.1, -0.05) is 40.2 Å². The average Bonchev–Trinajstić information content (AvgIpc) is 2.85. The third-order valence-corrected chi connectivity index (χ3v) is 3.93. The lowest BCUT2D eigenvalue weighted by atomic mass is 10.1. The molecule has 96 valence electrons. The highest BCUT2D eigenvalue weighted by atomic mass is 79.9. The summed E-state index contributed by atoms with van der Waals surface area (Å²) in [4.78, 5) is 4.72. The van der Waals surface area contributed by atoms with Crippen LogP contribution in [0.5, 0.6) is 0 Å². The molecule has 3 aromatic rings. The first kappa shape index (κ1) is 12.7. The standard InChI is InChI=1S/C15H11BrClNO/c16-12(14-7-8-15(17)19-14)9-11-6-5-10-3-1-2-4-13(10)18-11/h1-8,12H,9H2. The fourth-order valence-corrected chi connectivity index (χ4v) is 2.73. The molecule has 0 N–H and O–H groups in total. The van der Waals surface area contributed by atoms with Gasteiger partial charge >= 0.3 is 0 Å². The van der Waals surface area contributed by atoms with E-state index in [9.17, 15) is 0 Å². The van der Waals surface area contributed by atoms with Crippen LogP contribution in [0.4, 0.5) is 0 Å². The van der Waals surface area contributed by atoms with Crippen LogP contribution in [0.2, 0.25) is 5.22 Å². The Morgan fingerprint density at radius 2 is 1.95 bits per heavy atom. The predicted molar refractivity (Wildman–Crippen MR) is 80.8 cm³/mol. The largest absolute Gasteiger partial charge is 0.449 e. The average molecular weight is 337 g/mol. The van der Waals surface area contributed by atoms with Crippen molar-refractivity contribution in [2.45, 2.75) is 11.2 Å². The van der Waals surface area contributed by atoms with Gasteiger partial charge in [0.1, 0.15) is 5.76 Å². The number of fused-ring (bicyclic) bond motifs is 1. The summed E-state index contributed by atoms with van der Waals surface area (Å²) in [6.45, 7) is 0. The number of furan rings is 1. The molecule has 4 heteroatoms. The molecule has 0 radical (unpaired) electrons. The molecule has 0 saturated carbocycles. The number of nitrogens with zero attached hydrogens (tertiary/aromatic N) is 1. The van der Waals surface area contributed by atoms with E-state index in [0.717, 1.165) is 28.8 Å². The van der Waals surface area contributed by atoms with E-state index < -0.39 is 0 Å². The summed E-state index contributed by atoms with van der Waals surface area (Å²) in [7, 11) is 0. The highest BCUT2D eigenvalue weighted by Gasteiger charge is 2.13. The van der Waals surface area contributed by atoms with Crippen LogP contribution in [0.25, 0.3) is 10.9 Å². The third kappa shape index (κ3) is 2.82. The minimum atomic E-state index is 0.0775. The number of pyridine rings is 1. The molecule has 2 nitrogen and oxygen atoms in total. The van der Waals surface area contributed by atoms with E-state index in [1.807, 2.05) is 30.3 Å². The van der Waals surface area contributed by atoms with Gasteiger partial charge < -0.3 is 4.42 Å². The molecule has 1 aromatic carbocycles. The number of benzene rings is 1. The Bertz CT molecular complexity index is 710. The van der Waals surface area contributed by atoms with Crippen molar-refractivity contribution in [2.24, 2.45) is 0 Å². The summed E-state index contributed by atoms with van der Waals surface area (Å²) in [6, 6.07) is 15.9. The fraction of sp³-hybridized carbons (Fsp3) is 0.133. The quantitative estimate of drug-likeness (QED) is 0.617. The highest BCUT2D eigenvalue weighted by molar-refractivity contribution is 9.09. The molecule has 1 atom stereocenters. The summed E-state index contributed by atoms with van der Waals surface area (Å²) < 4.78 is 5.40. The molecule has 19 heavy (non-hydrogen) atoms. The number of halogens is 2. The van der Waals surface area contributed by atoms with E-state index in [1.54, 1.807) is 6.07 Å². The summed E-state index contributed by atoms with van der Waals surface area (Å²) in [5, 5.41) is 1.56. The van der Waals surface area contributed by atoms with Crippen LogP contribution in [0.3, 0.4) is 0 Å². The second-order valence-corrected chi connectivity index (χ2v) is 5.79. The fourth-order valence-electron chi connectivity index (χ4n) is 2.00. The number of rotatable bonds is 3. The van der Waals surface area contributed by atoms with Crippen molar-refractivity contribution < 1.29 is 4.42 Å². The maximum atomic E-state index is 5.78. The molecule has 3 rings (SSSR count). The molecule has 0 aliphatic carbocycles. The minimum absolute atomic E-state index is 0.0775. The molecule has 0 spiro atoms. The van der Waals surface area contributed by atoms with Crippen molar-refractivity contribution >= 4 is 38.4 Å². The topological polar surface area (TPSA) is 26.0 Å². The number of hydrogen-bond acceptors (Lipinski definition) is 2. The molecule has 2 aromatic heterocycles. The van der Waals surface area contributed by atoms with Crippen LogP contribution in [-0.2, 0) is 6.42 Å². The van der Waals surface area contributed by atoms with Crippen LogP contribution >= 0.6 is 27.5 Å². The Labute approximate surface area is 124 Å². The zero-order chi connectivity index (χ0) is 13.2. The maximum Gasteiger partial charge on any atom is 0.193 e. The molecular weight excluding hydrogens is 326 g/mol. The number of para-hydroxylation sites is 1. The second-order valence-electron chi connectivity index (χ2n) is 4.31. The number of alkyl halides is 1. The lowest BCUT2D eigenvalue weighted by Gasteiger charge is -2.07. The Kier molecular flexibility index (Phi) is 3.58. The van der Waals surface area contributed by atoms with Crippen molar-refractivity contribution in [3.8, 4) is 0 Å². The molecule has 0 aliphatic rings. The molecule has 0 bridgehead atoms. The van der Waals surface area contributed by atoms with Crippen LogP contribution in [0, 0.1) is 0 Å². The van der Waals surface area contributed by atoms with Gasteiger partial charge in [0.25, 0.3) is 0 Å². The summed E-state index contributed by atoms with van der Waals surface area (Å²) in [6.07, 6.45) is 0.759. The first-order valence-electron chi connectivity index (χ1n) is 5.96. The lowest BCUT2D eigenvalue weighted by Crippen LogP contribution is -1.96. The summed E-state index contributed by atoms with van der Waals surface area (Å²) in [5.74, 6) is 0.819. The van der Waals surface area contributed by atoms with Gasteiger partial charge in [0.05, 0.1) is 10.3 Å². The van der Waals surface area contributed by atoms with E-state index in [4.69, 9.17) is 16.0 Å². The zero-order valence-electron chi connectivity index (χ0n) is 10.0. The molecule has 2 heterocycles. The van der Waals surface area contributed by atoms with Crippen molar-refractivity contribution in [1.82, 2.24) is 4.98 Å². The Morgan fingerprint density at radius 3 is 2.74 bits per heavy atom. The first-order chi connectivity index (χ1) is 9.22. The van der Waals surface area contributed by atoms with E-state index in [2.05, 4.69) is 33.0 Å². The van der Waals surface area contributed by atoms with Gasteiger partial charge in [-0.3, -0.25) is 4.98 Å². The van der Waals surface area contributed by atoms with Gasteiger partial charge in [0.15, 0.2) is 5.22 Å². The third-order valence-electron chi connectivity index (χ3n) is 2.95. The maximum absolute atomic E-state index is 5.78. The molecule has 0 saturated heterocycles. The molecule has 1 unspecified atom stereocenters. The van der Waals surface area contributed by atoms with Crippen LogP contribution in [0.1, 0.15) is 16.3 Å². The van der Waals surface area contributed by atoms with Gasteiger partial charge in [0.2, 0.25) is 0 Å². The van der Waals surface area contributed by atoms with Gasteiger partial charge in [-0.25, -0.2) is 0 Å². The van der Waals surface area contributed by atoms with Gasteiger partial charge in [0, 0.05) is 17.5 Å². The van der Waals surface area contributed by atoms with Crippen molar-refractivity contribution in [1.29, 1.82) is 0 Å². The predicted octanol–water partition coefficient (Wildman–Crippen LogP) is 5.16. The molecule has 0 amide bonds. The smallest absolute Gasteiger partial charge is 0.193 e. The van der Waals surface area contributed by atoms with Crippen molar-refractivity contribution in [3.63, 3.8) is 0 Å². The second kappa shape index (κ2) is 5.35. The zero-order valence-corrected chi connectivity index (χ0v) is 12.4. The van der Waals surface area contributed by atoms with Crippen LogP contribution in [0.15, 0.2) is 52.9 Å². The van der Waals surface area contributed by atoms with Crippen molar-refractivity contribution in [2.75, 3.05) is 0 Å². The first-order valence-corrected chi connectivity index (χ1v) is 7.26. The Hall–Kier alpha value is -1.32. The lowest BCUT2D eigenvalue weighted by molar-refractivity contribution is 0.508. The van der Waals surface area contributed by atoms with E-state index in [1.165, 1.54) is 0 Å². The Balaban J connectivity index is 1.84. The Morgan fingerprint density at radius 1 is 1.11 bits per heavy atom. The number of hydrogen-bond donors (Lipinski definition) is 0. The minimum Gasteiger partial charge on any atom is -0.449 e. The van der Waals surface area contributed by atoms with Crippen molar-refractivity contribution in [3.05, 3.63) is 65.2 Å². The summed E-state index contributed by atoms with van der Waals surface area (Å²) in [5.41, 5.74) is 2.03. The van der Waals surface area contributed by atoms with E-state index in [0.29, 0.717) is 5.22 Å². The van der Waals surface area contributed by atoms with Gasteiger partial charge in [-0.15, -0.1) is 0 Å². The van der Waals surface area contributed by atoms with E-state index >= 15 is 0 Å². The van der Waals surface area contributed by atoms with Crippen LogP contribution < -0.4 is 0 Å². The number of aromatic nitrogens is 1. The molecule has 0 fully saturated rings. The monoisotopic (exact) mass is 335 g/mol.